The molecule has 4 heterocycles. The highest BCUT2D eigenvalue weighted by molar-refractivity contribution is 6.91. The fourth-order valence-electron chi connectivity index (χ4n) is 5.68. The maximum Gasteiger partial charge on any atom is 0.291 e. The van der Waals surface area contributed by atoms with Crippen molar-refractivity contribution in [2.75, 3.05) is 64.2 Å². The van der Waals surface area contributed by atoms with Crippen molar-refractivity contribution in [3.8, 4) is 23.5 Å². The molecule has 42 heavy (non-hydrogen) atoms. The fourth-order valence-corrected chi connectivity index (χ4v) is 9.32. The predicted octanol–water partition coefficient (Wildman–Crippen LogP) is 4.70. The zero-order chi connectivity index (χ0) is 29.9. The maximum atomic E-state index is 13.2. The molecule has 0 unspecified atom stereocenters. The number of ether oxygens (including phenoxy) is 4. The molecular weight excluding hydrogens is 578 g/mol. The number of anilines is 2. The first-order chi connectivity index (χ1) is 20.2. The molecule has 2 N–H and O–H groups in total. The van der Waals surface area contributed by atoms with E-state index in [0.29, 0.717) is 23.3 Å². The number of carbonyl (C=O) groups is 1. The lowest BCUT2D eigenvalue weighted by atomic mass is 10.1. The Hall–Kier alpha value is -3.32. The zero-order valence-corrected chi connectivity index (χ0v) is 26.5. The number of benzene rings is 1. The number of morpholine rings is 1. The molecule has 2 aliphatic rings. The number of rotatable bonds is 11. The van der Waals surface area contributed by atoms with Gasteiger partial charge in [0, 0.05) is 25.7 Å². The van der Waals surface area contributed by atoms with Crippen molar-refractivity contribution < 1.29 is 28.2 Å². The average Bonchev–Trinajstić information content (AvgIpc) is 3.58. The van der Waals surface area contributed by atoms with Crippen LogP contribution in [0.25, 0.3) is 0 Å². The molecule has 1 amide bonds. The van der Waals surface area contributed by atoms with Crippen molar-refractivity contribution in [1.82, 2.24) is 14.9 Å². The normalized spacial score (nSPS) is 16.1. The summed E-state index contributed by atoms with van der Waals surface area (Å²) in [4.78, 5) is 24.4. The van der Waals surface area contributed by atoms with Crippen LogP contribution in [0.3, 0.4) is 0 Å². The van der Waals surface area contributed by atoms with Crippen LogP contribution >= 0.6 is 11.6 Å². The van der Waals surface area contributed by atoms with Crippen molar-refractivity contribution in [3.05, 3.63) is 40.1 Å². The highest BCUT2D eigenvalue weighted by atomic mass is 35.5. The van der Waals surface area contributed by atoms with E-state index in [2.05, 4.69) is 45.5 Å². The molecule has 0 atom stereocenters. The number of fused-ring (bicyclic) bond motifs is 1. The Bertz CT molecular complexity index is 1420. The Morgan fingerprint density at radius 3 is 2.55 bits per heavy atom. The van der Waals surface area contributed by atoms with Gasteiger partial charge >= 0.3 is 0 Å². The summed E-state index contributed by atoms with van der Waals surface area (Å²) in [5, 5.41) is 7.88. The summed E-state index contributed by atoms with van der Waals surface area (Å²) in [6.45, 7) is 11.9. The minimum Gasteiger partial charge on any atom is -0.479 e. The third kappa shape index (κ3) is 6.51. The van der Waals surface area contributed by atoms with Crippen molar-refractivity contribution in [2.45, 2.75) is 38.9 Å². The van der Waals surface area contributed by atoms with E-state index >= 15 is 0 Å². The minimum absolute atomic E-state index is 0.0361. The molecule has 1 fully saturated rings. The molecule has 0 aliphatic carbocycles. The van der Waals surface area contributed by atoms with Gasteiger partial charge in [0.15, 0.2) is 17.2 Å². The van der Waals surface area contributed by atoms with E-state index in [0.717, 1.165) is 57.3 Å². The van der Waals surface area contributed by atoms with Crippen molar-refractivity contribution in [3.63, 3.8) is 0 Å². The maximum absolute atomic E-state index is 13.2. The number of hydrogen-bond acceptors (Lipinski definition) is 10. The Morgan fingerprint density at radius 1 is 1.14 bits per heavy atom. The van der Waals surface area contributed by atoms with Gasteiger partial charge in [0.25, 0.3) is 11.9 Å². The molecule has 1 saturated heterocycles. The molecule has 3 aromatic rings. The molecule has 226 valence electrons. The number of aromatic nitrogens is 2. The van der Waals surface area contributed by atoms with E-state index in [1.165, 1.54) is 31.0 Å². The second-order valence-electron chi connectivity index (χ2n) is 11.1. The van der Waals surface area contributed by atoms with Gasteiger partial charge in [-0.25, -0.2) is 0 Å². The second kappa shape index (κ2) is 12.9. The Morgan fingerprint density at radius 2 is 1.86 bits per heavy atom. The van der Waals surface area contributed by atoms with Gasteiger partial charge in [0.2, 0.25) is 17.7 Å². The molecular formula is C29H38ClN5O6Si. The first-order valence-corrected chi connectivity index (χ1v) is 17.7. The monoisotopic (exact) mass is 615 g/mol. The van der Waals surface area contributed by atoms with E-state index in [-0.39, 0.29) is 29.2 Å². The molecule has 13 heteroatoms. The number of carbonyl (C=O) groups excluding carboxylic acids is 1. The highest BCUT2D eigenvalue weighted by Crippen LogP contribution is 2.40. The second-order valence-corrected chi connectivity index (χ2v) is 16.3. The summed E-state index contributed by atoms with van der Waals surface area (Å²) in [5.41, 5.74) is 2.53. The molecule has 0 bridgehead atoms. The van der Waals surface area contributed by atoms with Crippen LogP contribution in [0.2, 0.25) is 24.2 Å². The molecule has 0 radical (unpaired) electrons. The summed E-state index contributed by atoms with van der Waals surface area (Å²) in [6.07, 6.45) is 1.82. The van der Waals surface area contributed by atoms with E-state index in [9.17, 15) is 4.79 Å². The van der Waals surface area contributed by atoms with Crippen molar-refractivity contribution >= 4 is 42.4 Å². The number of furan rings is 1. The Balaban J connectivity index is 1.26. The van der Waals surface area contributed by atoms with Gasteiger partial charge in [-0.3, -0.25) is 9.69 Å². The minimum atomic E-state index is -1.55. The molecule has 11 nitrogen and oxygen atoms in total. The van der Waals surface area contributed by atoms with Gasteiger partial charge in [-0.15, -0.1) is 0 Å². The Kier molecular flexibility index (Phi) is 9.26. The topological polar surface area (TPSA) is 120 Å². The van der Waals surface area contributed by atoms with Gasteiger partial charge in [-0.2, -0.15) is 9.97 Å². The summed E-state index contributed by atoms with van der Waals surface area (Å²) in [7, 11) is 1.38. The van der Waals surface area contributed by atoms with Gasteiger partial charge in [0.05, 0.1) is 40.5 Å². The van der Waals surface area contributed by atoms with Crippen LogP contribution < -0.4 is 30.0 Å². The van der Waals surface area contributed by atoms with Crippen LogP contribution in [0.15, 0.2) is 22.6 Å². The number of nitrogens with one attached hydrogen (secondary N) is 2. The third-order valence-corrected chi connectivity index (χ3v) is 11.6. The molecule has 1 aromatic carbocycles. The molecule has 0 spiro atoms. The van der Waals surface area contributed by atoms with Gasteiger partial charge in [-0.1, -0.05) is 29.9 Å². The first-order valence-electron chi connectivity index (χ1n) is 14.2. The third-order valence-electron chi connectivity index (χ3n) is 7.72. The largest absolute Gasteiger partial charge is 0.479 e. The zero-order valence-electron chi connectivity index (χ0n) is 24.8. The van der Waals surface area contributed by atoms with Gasteiger partial charge in [0.1, 0.15) is 0 Å². The van der Waals surface area contributed by atoms with E-state index < -0.39 is 14.0 Å². The number of hydrogen-bond donors (Lipinski definition) is 2. The van der Waals surface area contributed by atoms with E-state index in [4.69, 9.17) is 35.0 Å². The highest BCUT2D eigenvalue weighted by Gasteiger charge is 2.36. The van der Waals surface area contributed by atoms with Gasteiger partial charge in [-0.05, 0) is 55.6 Å². The van der Waals surface area contributed by atoms with Crippen LogP contribution in [0.4, 0.5) is 11.6 Å². The smallest absolute Gasteiger partial charge is 0.291 e. The predicted molar refractivity (Wildman–Crippen MR) is 164 cm³/mol. The average molecular weight is 616 g/mol. The Labute approximate surface area is 251 Å². The van der Waals surface area contributed by atoms with E-state index in [1.807, 2.05) is 6.07 Å². The van der Waals surface area contributed by atoms with Crippen molar-refractivity contribution in [1.29, 1.82) is 0 Å². The first kappa shape index (κ1) is 30.1. The van der Waals surface area contributed by atoms with E-state index in [1.54, 1.807) is 6.07 Å². The molecule has 5 rings (SSSR count). The standard InChI is InChI=1S/C29H38ClN5O6Si/c1-18-17-20(30)24(19-9-16-42(4,5)25(18)19)41-22-8-7-21(40-22)26(36)32-23-27(37-2)33-29(34-28(23)38-3)31-10-6-11-35-12-14-39-15-13-35/h7-8,17H,6,9-16H2,1-5H3,(H,32,36)(H,31,33,34). The van der Waals surface area contributed by atoms with Gasteiger partial charge < -0.3 is 34.0 Å². The molecule has 2 aromatic heterocycles. The van der Waals surface area contributed by atoms with Crippen LogP contribution in [-0.4, -0.2) is 82.5 Å². The number of aryl methyl sites for hydroxylation is 1. The lowest BCUT2D eigenvalue weighted by molar-refractivity contribution is 0.0378. The summed E-state index contributed by atoms with van der Waals surface area (Å²) in [6, 6.07) is 6.23. The summed E-state index contributed by atoms with van der Waals surface area (Å²) in [5.74, 6) is 0.920. The van der Waals surface area contributed by atoms with Crippen LogP contribution in [0, 0.1) is 6.92 Å². The van der Waals surface area contributed by atoms with Crippen molar-refractivity contribution in [2.24, 2.45) is 0 Å². The molecule has 0 saturated carbocycles. The molecule has 2 aliphatic heterocycles. The summed E-state index contributed by atoms with van der Waals surface area (Å²) < 4.78 is 28.2. The number of methoxy groups -OCH3 is 2. The fraction of sp³-hybridized carbons (Fsp3) is 0.483. The quantitative estimate of drug-likeness (QED) is 0.232. The van der Waals surface area contributed by atoms with Crippen LogP contribution in [-0.2, 0) is 11.2 Å². The van der Waals surface area contributed by atoms with Crippen LogP contribution in [0.1, 0.15) is 28.1 Å². The SMILES string of the molecule is COc1nc(NCCCN2CCOCC2)nc(OC)c1NC(=O)c1ccc(Oc2c(Cl)cc(C)c3c2CC[Si]3(C)C)o1. The summed E-state index contributed by atoms with van der Waals surface area (Å²) >= 11 is 6.60. The number of halogens is 1. The van der Waals surface area contributed by atoms with Crippen LogP contribution in [0.5, 0.6) is 23.5 Å². The lowest BCUT2D eigenvalue weighted by Gasteiger charge is -2.26. The number of amides is 1. The lowest BCUT2D eigenvalue weighted by Crippen LogP contribution is -2.39. The number of nitrogens with zero attached hydrogens (tertiary/aromatic N) is 3.